The van der Waals surface area contributed by atoms with Crippen LogP contribution in [0.5, 0.6) is 11.5 Å². The van der Waals surface area contributed by atoms with Gasteiger partial charge in [-0.1, -0.05) is 12.1 Å². The molecule has 2 aromatic carbocycles. The molecule has 148 valence electrons. The highest BCUT2D eigenvalue weighted by atomic mass is 16.5. The highest BCUT2D eigenvalue weighted by Crippen LogP contribution is 2.35. The molecule has 0 fully saturated rings. The van der Waals surface area contributed by atoms with Crippen LogP contribution in [-0.4, -0.2) is 34.3 Å². The third kappa shape index (κ3) is 3.24. The van der Waals surface area contributed by atoms with Crippen molar-refractivity contribution in [3.05, 3.63) is 63.7 Å². The van der Waals surface area contributed by atoms with Crippen molar-refractivity contribution in [2.75, 3.05) is 13.7 Å². The first-order valence-corrected chi connectivity index (χ1v) is 9.32. The van der Waals surface area contributed by atoms with E-state index < -0.39 is 5.97 Å². The lowest BCUT2D eigenvalue weighted by atomic mass is 10.1. The fraction of sp³-hybridized carbons (Fsp3) is 0.227. The first-order chi connectivity index (χ1) is 14.0. The van der Waals surface area contributed by atoms with Crippen LogP contribution < -0.4 is 15.0 Å². The van der Waals surface area contributed by atoms with Crippen LogP contribution in [0.3, 0.4) is 0 Å². The van der Waals surface area contributed by atoms with Crippen LogP contribution in [0.15, 0.2) is 41.2 Å². The topological polar surface area (TPSA) is 90.7 Å². The standard InChI is InChI=1S/C22H20N2O5/c1-3-29-18-6-4-5-13(19(18)28-2)11-14-9-10-24-20(14)23-17-12-15(22(26)27)7-8-16(17)21(24)25/h4-8,11-12H,3,9-10H2,1-2H3,(H,26,27)/b14-11+. The number of nitrogens with zero attached hydrogens (tertiary/aromatic N) is 2. The molecule has 7 nitrogen and oxygen atoms in total. The number of allylic oxidation sites excluding steroid dienone is 1. The van der Waals surface area contributed by atoms with Crippen LogP contribution >= 0.6 is 0 Å². The largest absolute Gasteiger partial charge is 0.492 e. The SMILES string of the molecule is CCOc1cccc(/C=C2\CCn3c2nc2cc(C(=O)O)ccc2c3=O)c1OC. The number of carboxylic acid groups (broad SMARTS) is 1. The number of carboxylic acids is 1. The van der Waals surface area contributed by atoms with Crippen LogP contribution in [-0.2, 0) is 6.54 Å². The molecule has 1 aliphatic rings. The molecule has 0 unspecified atom stereocenters. The van der Waals surface area contributed by atoms with Crippen molar-refractivity contribution in [2.45, 2.75) is 19.9 Å². The Bertz CT molecular complexity index is 1210. The van der Waals surface area contributed by atoms with Crippen molar-refractivity contribution >= 4 is 28.5 Å². The van der Waals surface area contributed by atoms with E-state index in [4.69, 9.17) is 9.47 Å². The zero-order valence-electron chi connectivity index (χ0n) is 16.1. The summed E-state index contributed by atoms with van der Waals surface area (Å²) in [6, 6.07) is 10.0. The Morgan fingerprint density at radius 3 is 2.86 bits per heavy atom. The molecular weight excluding hydrogens is 372 g/mol. The maximum absolute atomic E-state index is 12.9. The third-order valence-electron chi connectivity index (χ3n) is 4.94. The Hall–Kier alpha value is -3.61. The number of benzene rings is 2. The number of para-hydroxylation sites is 1. The zero-order valence-corrected chi connectivity index (χ0v) is 16.1. The predicted molar refractivity (Wildman–Crippen MR) is 110 cm³/mol. The molecule has 0 aliphatic carbocycles. The maximum Gasteiger partial charge on any atom is 0.335 e. The monoisotopic (exact) mass is 392 g/mol. The van der Waals surface area contributed by atoms with Gasteiger partial charge in [0.1, 0.15) is 5.82 Å². The summed E-state index contributed by atoms with van der Waals surface area (Å²) < 4.78 is 12.8. The van der Waals surface area contributed by atoms with E-state index >= 15 is 0 Å². The van der Waals surface area contributed by atoms with Gasteiger partial charge in [-0.3, -0.25) is 9.36 Å². The lowest BCUT2D eigenvalue weighted by molar-refractivity contribution is 0.0697. The Morgan fingerprint density at radius 2 is 2.14 bits per heavy atom. The second-order valence-electron chi connectivity index (χ2n) is 6.66. The summed E-state index contributed by atoms with van der Waals surface area (Å²) in [4.78, 5) is 28.8. The number of methoxy groups -OCH3 is 1. The summed E-state index contributed by atoms with van der Waals surface area (Å²) >= 11 is 0. The van der Waals surface area contributed by atoms with Gasteiger partial charge in [-0.25, -0.2) is 9.78 Å². The van der Waals surface area contributed by atoms with Gasteiger partial charge in [-0.05, 0) is 49.3 Å². The van der Waals surface area contributed by atoms with Gasteiger partial charge in [-0.2, -0.15) is 0 Å². The Balaban J connectivity index is 1.87. The molecule has 7 heteroatoms. The molecule has 0 atom stereocenters. The van der Waals surface area contributed by atoms with E-state index in [2.05, 4.69) is 4.98 Å². The number of carbonyl (C=O) groups is 1. The molecule has 0 saturated heterocycles. The van der Waals surface area contributed by atoms with Crippen LogP contribution in [0.2, 0.25) is 0 Å². The molecule has 0 saturated carbocycles. The smallest absolute Gasteiger partial charge is 0.335 e. The summed E-state index contributed by atoms with van der Waals surface area (Å²) in [7, 11) is 1.59. The lowest BCUT2D eigenvalue weighted by Gasteiger charge is -2.12. The first-order valence-electron chi connectivity index (χ1n) is 9.32. The van der Waals surface area contributed by atoms with E-state index in [9.17, 15) is 14.7 Å². The molecule has 1 N–H and O–H groups in total. The van der Waals surface area contributed by atoms with Gasteiger partial charge in [0, 0.05) is 12.1 Å². The molecule has 1 aliphatic heterocycles. The number of aromatic carboxylic acids is 1. The molecule has 1 aromatic heterocycles. The van der Waals surface area contributed by atoms with Crippen molar-refractivity contribution in [1.29, 1.82) is 0 Å². The van der Waals surface area contributed by atoms with E-state index in [0.717, 1.165) is 11.1 Å². The van der Waals surface area contributed by atoms with Gasteiger partial charge in [0.2, 0.25) is 0 Å². The number of rotatable bonds is 5. The van der Waals surface area contributed by atoms with Gasteiger partial charge in [-0.15, -0.1) is 0 Å². The lowest BCUT2D eigenvalue weighted by Crippen LogP contribution is -2.21. The molecule has 3 aromatic rings. The zero-order chi connectivity index (χ0) is 20.5. The van der Waals surface area contributed by atoms with Crippen molar-refractivity contribution in [3.63, 3.8) is 0 Å². The summed E-state index contributed by atoms with van der Waals surface area (Å²) in [5, 5.41) is 9.65. The average Bonchev–Trinajstić information content (AvgIpc) is 3.11. The van der Waals surface area contributed by atoms with Crippen LogP contribution in [0.1, 0.15) is 35.1 Å². The number of hydrogen-bond donors (Lipinski definition) is 1. The van der Waals surface area contributed by atoms with E-state index in [0.29, 0.717) is 47.8 Å². The molecule has 2 heterocycles. The summed E-state index contributed by atoms with van der Waals surface area (Å²) in [5.74, 6) is 0.769. The van der Waals surface area contributed by atoms with Gasteiger partial charge >= 0.3 is 5.97 Å². The molecule has 0 spiro atoms. The minimum Gasteiger partial charge on any atom is -0.492 e. The van der Waals surface area contributed by atoms with Crippen molar-refractivity contribution < 1.29 is 19.4 Å². The number of fused-ring (bicyclic) bond motifs is 2. The highest BCUT2D eigenvalue weighted by Gasteiger charge is 2.22. The van der Waals surface area contributed by atoms with Crippen LogP contribution in [0.4, 0.5) is 0 Å². The summed E-state index contributed by atoms with van der Waals surface area (Å²) in [6.45, 7) is 2.95. The van der Waals surface area contributed by atoms with Gasteiger partial charge in [0.05, 0.1) is 30.2 Å². The van der Waals surface area contributed by atoms with Gasteiger partial charge < -0.3 is 14.6 Å². The fourth-order valence-corrected chi connectivity index (χ4v) is 3.61. The molecular formula is C22H20N2O5. The minimum absolute atomic E-state index is 0.101. The maximum atomic E-state index is 12.9. The first kappa shape index (κ1) is 18.7. The Morgan fingerprint density at radius 1 is 1.31 bits per heavy atom. The van der Waals surface area contributed by atoms with E-state index in [1.165, 1.54) is 18.2 Å². The number of ether oxygens (including phenoxy) is 2. The average molecular weight is 392 g/mol. The molecule has 0 amide bonds. The van der Waals surface area contributed by atoms with E-state index in [-0.39, 0.29) is 11.1 Å². The molecule has 0 radical (unpaired) electrons. The normalized spacial score (nSPS) is 14.2. The fourth-order valence-electron chi connectivity index (χ4n) is 3.61. The van der Waals surface area contributed by atoms with Gasteiger partial charge in [0.15, 0.2) is 11.5 Å². The van der Waals surface area contributed by atoms with Crippen molar-refractivity contribution in [2.24, 2.45) is 0 Å². The van der Waals surface area contributed by atoms with E-state index in [1.54, 1.807) is 11.7 Å². The van der Waals surface area contributed by atoms with Gasteiger partial charge in [0.25, 0.3) is 5.56 Å². The summed E-state index contributed by atoms with van der Waals surface area (Å²) in [5.41, 5.74) is 2.03. The second-order valence-corrected chi connectivity index (χ2v) is 6.66. The second kappa shape index (κ2) is 7.43. The Kier molecular flexibility index (Phi) is 4.80. The molecule has 0 bridgehead atoms. The molecule has 4 rings (SSSR count). The number of aromatic nitrogens is 2. The predicted octanol–water partition coefficient (Wildman–Crippen LogP) is 3.45. The van der Waals surface area contributed by atoms with Crippen molar-refractivity contribution in [1.82, 2.24) is 9.55 Å². The van der Waals surface area contributed by atoms with Crippen molar-refractivity contribution in [3.8, 4) is 11.5 Å². The van der Waals surface area contributed by atoms with Crippen LogP contribution in [0.25, 0.3) is 22.6 Å². The Labute approximate surface area is 166 Å². The quantitative estimate of drug-likeness (QED) is 0.715. The molecule has 29 heavy (non-hydrogen) atoms. The van der Waals surface area contributed by atoms with E-state index in [1.807, 2.05) is 31.2 Å². The number of hydrogen-bond acceptors (Lipinski definition) is 5. The summed E-state index contributed by atoms with van der Waals surface area (Å²) in [6.07, 6.45) is 2.59. The highest BCUT2D eigenvalue weighted by molar-refractivity contribution is 5.93. The van der Waals surface area contributed by atoms with Crippen LogP contribution in [0, 0.1) is 0 Å². The minimum atomic E-state index is -1.05. The third-order valence-corrected chi connectivity index (χ3v) is 4.94.